The van der Waals surface area contributed by atoms with E-state index < -0.39 is 11.4 Å². The highest BCUT2D eigenvalue weighted by atomic mass is 16.2. The topological polar surface area (TPSA) is 72.2 Å². The Morgan fingerprint density at radius 3 is 2.50 bits per heavy atom. The third kappa shape index (κ3) is 1.97. The number of rotatable bonds is 3. The van der Waals surface area contributed by atoms with Crippen LogP contribution in [0.5, 0.6) is 0 Å². The predicted octanol–water partition coefficient (Wildman–Crippen LogP) is 0.133. The fourth-order valence-electron chi connectivity index (χ4n) is 1.12. The minimum Gasteiger partial charge on any atom is -0.314 e. The molecule has 0 bridgehead atoms. The SMILES string of the molecule is CC(N)(C(=O)NC=O)c1ccccc1. The predicted molar refractivity (Wildman–Crippen MR) is 52.2 cm³/mol. The highest BCUT2D eigenvalue weighted by Gasteiger charge is 2.29. The van der Waals surface area contributed by atoms with Gasteiger partial charge in [0.1, 0.15) is 5.54 Å². The highest BCUT2D eigenvalue weighted by molar-refractivity contribution is 5.93. The molecule has 0 aliphatic carbocycles. The van der Waals surface area contributed by atoms with Crippen LogP contribution in [0.3, 0.4) is 0 Å². The molecule has 0 aliphatic rings. The van der Waals surface area contributed by atoms with Crippen LogP contribution >= 0.6 is 0 Å². The first kappa shape index (κ1) is 10.4. The lowest BCUT2D eigenvalue weighted by atomic mass is 9.92. The number of carbonyl (C=O) groups is 2. The van der Waals surface area contributed by atoms with Gasteiger partial charge in [-0.2, -0.15) is 0 Å². The smallest absolute Gasteiger partial charge is 0.250 e. The fourth-order valence-corrected chi connectivity index (χ4v) is 1.12. The maximum atomic E-state index is 11.4. The van der Waals surface area contributed by atoms with Gasteiger partial charge in [0, 0.05) is 0 Å². The maximum Gasteiger partial charge on any atom is 0.250 e. The number of benzene rings is 1. The minimum atomic E-state index is -1.18. The summed E-state index contributed by atoms with van der Waals surface area (Å²) in [4.78, 5) is 21.5. The zero-order valence-electron chi connectivity index (χ0n) is 7.86. The van der Waals surface area contributed by atoms with Gasteiger partial charge in [-0.25, -0.2) is 0 Å². The van der Waals surface area contributed by atoms with Gasteiger partial charge in [0.2, 0.25) is 6.41 Å². The molecule has 3 N–H and O–H groups in total. The monoisotopic (exact) mass is 192 g/mol. The second-order valence-corrected chi connectivity index (χ2v) is 3.16. The van der Waals surface area contributed by atoms with Crippen molar-refractivity contribution in [2.45, 2.75) is 12.5 Å². The lowest BCUT2D eigenvalue weighted by Crippen LogP contribution is -2.48. The fraction of sp³-hybridized carbons (Fsp3) is 0.200. The van der Waals surface area contributed by atoms with Gasteiger partial charge in [-0.3, -0.25) is 14.9 Å². The van der Waals surface area contributed by atoms with E-state index in [1.54, 1.807) is 31.2 Å². The van der Waals surface area contributed by atoms with E-state index in [0.717, 1.165) is 0 Å². The quantitative estimate of drug-likeness (QED) is 0.669. The summed E-state index contributed by atoms with van der Waals surface area (Å²) in [5.41, 5.74) is 5.28. The molecule has 2 amide bonds. The number of amides is 2. The Balaban J connectivity index is 2.95. The third-order valence-electron chi connectivity index (χ3n) is 2.04. The number of imide groups is 1. The van der Waals surface area contributed by atoms with Crippen LogP contribution in [-0.2, 0) is 15.1 Å². The Bertz CT molecular complexity index is 333. The molecule has 0 aromatic heterocycles. The van der Waals surface area contributed by atoms with Gasteiger partial charge >= 0.3 is 0 Å². The molecule has 4 nitrogen and oxygen atoms in total. The van der Waals surface area contributed by atoms with Crippen LogP contribution in [0.1, 0.15) is 12.5 Å². The second-order valence-electron chi connectivity index (χ2n) is 3.16. The normalized spacial score (nSPS) is 14.1. The number of nitrogens with two attached hydrogens (primary N) is 1. The Morgan fingerprint density at radius 1 is 1.43 bits per heavy atom. The molecule has 0 aliphatic heterocycles. The van der Waals surface area contributed by atoms with E-state index >= 15 is 0 Å². The van der Waals surface area contributed by atoms with Gasteiger partial charge < -0.3 is 5.73 Å². The molecular weight excluding hydrogens is 180 g/mol. The van der Waals surface area contributed by atoms with Gasteiger partial charge in [-0.1, -0.05) is 30.3 Å². The molecule has 74 valence electrons. The van der Waals surface area contributed by atoms with Gasteiger partial charge in [-0.05, 0) is 12.5 Å². The number of hydrogen-bond donors (Lipinski definition) is 2. The summed E-state index contributed by atoms with van der Waals surface area (Å²) < 4.78 is 0. The Labute approximate surface area is 82.1 Å². The average molecular weight is 192 g/mol. The first-order chi connectivity index (χ1) is 6.59. The van der Waals surface area contributed by atoms with Crippen molar-refractivity contribution in [3.63, 3.8) is 0 Å². The van der Waals surface area contributed by atoms with Crippen molar-refractivity contribution in [1.29, 1.82) is 0 Å². The van der Waals surface area contributed by atoms with E-state index in [4.69, 9.17) is 5.73 Å². The van der Waals surface area contributed by atoms with Crippen LogP contribution in [0.2, 0.25) is 0 Å². The molecule has 0 saturated heterocycles. The second kappa shape index (κ2) is 4.02. The van der Waals surface area contributed by atoms with Crippen LogP contribution in [0.4, 0.5) is 0 Å². The lowest BCUT2D eigenvalue weighted by molar-refractivity contribution is -0.129. The van der Waals surface area contributed by atoms with Crippen molar-refractivity contribution in [3.05, 3.63) is 35.9 Å². The minimum absolute atomic E-state index is 0.330. The first-order valence-corrected chi connectivity index (χ1v) is 4.18. The van der Waals surface area contributed by atoms with Crippen LogP contribution in [-0.4, -0.2) is 12.3 Å². The zero-order valence-corrected chi connectivity index (χ0v) is 7.86. The van der Waals surface area contributed by atoms with E-state index in [0.29, 0.717) is 12.0 Å². The number of carbonyl (C=O) groups excluding carboxylic acids is 2. The summed E-state index contributed by atoms with van der Waals surface area (Å²) in [6.45, 7) is 1.56. The molecule has 1 aromatic rings. The summed E-state index contributed by atoms with van der Waals surface area (Å²) in [5, 5.41) is 2.04. The molecule has 14 heavy (non-hydrogen) atoms. The number of hydrogen-bond acceptors (Lipinski definition) is 3. The van der Waals surface area contributed by atoms with Crippen LogP contribution in [0, 0.1) is 0 Å². The number of nitrogens with one attached hydrogen (secondary N) is 1. The average Bonchev–Trinajstić information content (AvgIpc) is 2.19. The molecule has 0 spiro atoms. The van der Waals surface area contributed by atoms with Crippen molar-refractivity contribution in [2.75, 3.05) is 0 Å². The summed E-state index contributed by atoms with van der Waals surface area (Å²) in [6, 6.07) is 8.88. The standard InChI is InChI=1S/C10H12N2O2/c1-10(11,9(14)12-7-13)8-5-3-2-4-6-8/h2-7H,11H2,1H3,(H,12,13,14). The van der Waals surface area contributed by atoms with Gasteiger partial charge in [0.05, 0.1) is 0 Å². The van der Waals surface area contributed by atoms with E-state index in [1.807, 2.05) is 11.4 Å². The third-order valence-corrected chi connectivity index (χ3v) is 2.04. The van der Waals surface area contributed by atoms with Crippen LogP contribution in [0.15, 0.2) is 30.3 Å². The van der Waals surface area contributed by atoms with E-state index in [1.165, 1.54) is 0 Å². The van der Waals surface area contributed by atoms with Crippen LogP contribution < -0.4 is 11.1 Å². The van der Waals surface area contributed by atoms with Crippen molar-refractivity contribution >= 4 is 12.3 Å². The van der Waals surface area contributed by atoms with E-state index in [9.17, 15) is 9.59 Å². The maximum absolute atomic E-state index is 11.4. The summed E-state index contributed by atoms with van der Waals surface area (Å²) in [7, 11) is 0. The summed E-state index contributed by atoms with van der Waals surface area (Å²) in [6.07, 6.45) is 0.330. The Hall–Kier alpha value is -1.68. The Kier molecular flexibility index (Phi) is 2.99. The molecule has 0 radical (unpaired) electrons. The van der Waals surface area contributed by atoms with Gasteiger partial charge in [-0.15, -0.1) is 0 Å². The zero-order chi connectivity index (χ0) is 10.6. The first-order valence-electron chi connectivity index (χ1n) is 4.18. The molecule has 0 fully saturated rings. The van der Waals surface area contributed by atoms with E-state index in [-0.39, 0.29) is 0 Å². The van der Waals surface area contributed by atoms with Crippen molar-refractivity contribution in [2.24, 2.45) is 5.73 Å². The lowest BCUT2D eigenvalue weighted by Gasteiger charge is -2.22. The highest BCUT2D eigenvalue weighted by Crippen LogP contribution is 2.16. The summed E-state index contributed by atoms with van der Waals surface area (Å²) in [5.74, 6) is -0.515. The van der Waals surface area contributed by atoms with E-state index in [2.05, 4.69) is 0 Å². The largest absolute Gasteiger partial charge is 0.314 e. The van der Waals surface area contributed by atoms with Crippen molar-refractivity contribution in [1.82, 2.24) is 5.32 Å². The van der Waals surface area contributed by atoms with Gasteiger partial charge in [0.15, 0.2) is 0 Å². The molecule has 1 rings (SSSR count). The Morgan fingerprint density at radius 2 is 2.00 bits per heavy atom. The molecule has 0 saturated carbocycles. The van der Waals surface area contributed by atoms with Crippen LogP contribution in [0.25, 0.3) is 0 Å². The van der Waals surface area contributed by atoms with Crippen molar-refractivity contribution < 1.29 is 9.59 Å². The van der Waals surface area contributed by atoms with Gasteiger partial charge in [0.25, 0.3) is 5.91 Å². The molecule has 1 aromatic carbocycles. The molecule has 1 unspecified atom stereocenters. The molecule has 0 heterocycles. The molecule has 4 heteroatoms. The van der Waals surface area contributed by atoms with Crippen molar-refractivity contribution in [3.8, 4) is 0 Å². The summed E-state index contributed by atoms with van der Waals surface area (Å²) >= 11 is 0. The molecule has 1 atom stereocenters. The molecular formula is C10H12N2O2.